The Morgan fingerprint density at radius 2 is 0.600 bits per heavy atom. The molecule has 0 saturated carbocycles. The molecule has 0 fully saturated rings. The molecule has 368 valence electrons. The Morgan fingerprint density at radius 3 is 0.969 bits per heavy atom. The van der Waals surface area contributed by atoms with Gasteiger partial charge in [0.1, 0.15) is 13.2 Å². The number of carbonyl (C=O) groups excluding carboxylic acids is 3. The summed E-state index contributed by atoms with van der Waals surface area (Å²) in [6.07, 6.45) is 70.8. The zero-order valence-corrected chi connectivity index (χ0v) is 42.0. The maximum absolute atomic E-state index is 12.8. The van der Waals surface area contributed by atoms with E-state index in [-0.39, 0.29) is 37.5 Å². The van der Waals surface area contributed by atoms with Crippen molar-refractivity contribution in [2.24, 2.45) is 0 Å². The van der Waals surface area contributed by atoms with Crippen LogP contribution in [0.1, 0.15) is 226 Å². The van der Waals surface area contributed by atoms with Crippen LogP contribution >= 0.6 is 0 Å². The highest BCUT2D eigenvalue weighted by atomic mass is 16.6. The van der Waals surface area contributed by atoms with Gasteiger partial charge in [-0.05, 0) is 103 Å². The molecule has 0 saturated heterocycles. The van der Waals surface area contributed by atoms with Crippen molar-refractivity contribution in [3.8, 4) is 0 Å². The van der Waals surface area contributed by atoms with Gasteiger partial charge in [-0.3, -0.25) is 14.4 Å². The fourth-order valence-corrected chi connectivity index (χ4v) is 6.87. The average Bonchev–Trinajstić information content (AvgIpc) is 3.30. The van der Waals surface area contributed by atoms with Gasteiger partial charge in [0.15, 0.2) is 6.10 Å². The van der Waals surface area contributed by atoms with Gasteiger partial charge in [0.2, 0.25) is 0 Å². The molecule has 1 atom stereocenters. The van der Waals surface area contributed by atoms with Crippen LogP contribution in [0.25, 0.3) is 0 Å². The lowest BCUT2D eigenvalue weighted by atomic mass is 10.1. The first kappa shape index (κ1) is 61.1. The van der Waals surface area contributed by atoms with E-state index in [9.17, 15) is 14.4 Å². The number of rotatable bonds is 46. The van der Waals surface area contributed by atoms with Crippen molar-refractivity contribution in [3.05, 3.63) is 109 Å². The van der Waals surface area contributed by atoms with Crippen LogP contribution in [0, 0.1) is 0 Å². The highest BCUT2D eigenvalue weighted by Crippen LogP contribution is 2.13. The van der Waals surface area contributed by atoms with E-state index in [1.807, 2.05) is 0 Å². The third-order valence-electron chi connectivity index (χ3n) is 10.8. The van der Waals surface area contributed by atoms with Crippen molar-refractivity contribution in [2.45, 2.75) is 232 Å². The third kappa shape index (κ3) is 50.9. The Kier molecular flexibility index (Phi) is 49.5. The van der Waals surface area contributed by atoms with Gasteiger partial charge in [0.05, 0.1) is 0 Å². The third-order valence-corrected chi connectivity index (χ3v) is 10.8. The van der Waals surface area contributed by atoms with Gasteiger partial charge >= 0.3 is 17.9 Å². The van der Waals surface area contributed by atoms with Gasteiger partial charge in [0, 0.05) is 19.3 Å². The lowest BCUT2D eigenvalue weighted by molar-refractivity contribution is -0.167. The first-order chi connectivity index (χ1) is 32.0. The molecule has 6 nitrogen and oxygen atoms in total. The van der Waals surface area contributed by atoms with Gasteiger partial charge in [-0.1, -0.05) is 214 Å². The van der Waals surface area contributed by atoms with Crippen LogP contribution in [0.2, 0.25) is 0 Å². The standard InChI is InChI=1S/C59H96O6/c1-4-7-10-13-16-19-21-23-25-26-27-28-29-30-31-32-34-35-37-40-43-46-49-52-58(61)64-55-56(54-63-57(60)51-48-45-42-39-18-15-12-9-6-3)65-59(62)53-50-47-44-41-38-36-33-24-22-20-17-14-11-8-5-2/h7-8,10-11,16-17,19-20,23-25,27-28,30-31,33,38,41,56H,4-6,9,12-15,18,21-22,26,29,32,34-37,39-40,42-55H2,1-3H3/b10-7-,11-8-,19-16-,20-17-,25-23-,28-27-,31-30-,33-24-,41-38-. The summed E-state index contributed by atoms with van der Waals surface area (Å²) < 4.78 is 16.7. The second-order valence-electron chi connectivity index (χ2n) is 17.0. The van der Waals surface area contributed by atoms with E-state index >= 15 is 0 Å². The lowest BCUT2D eigenvalue weighted by Gasteiger charge is -2.18. The maximum Gasteiger partial charge on any atom is 0.306 e. The number of hydrogen-bond acceptors (Lipinski definition) is 6. The van der Waals surface area contributed by atoms with E-state index in [0.717, 1.165) is 116 Å². The van der Waals surface area contributed by atoms with Crippen molar-refractivity contribution in [2.75, 3.05) is 13.2 Å². The molecule has 1 unspecified atom stereocenters. The molecule has 0 N–H and O–H groups in total. The highest BCUT2D eigenvalue weighted by molar-refractivity contribution is 5.71. The van der Waals surface area contributed by atoms with Crippen molar-refractivity contribution in [3.63, 3.8) is 0 Å². The molecular weight excluding hydrogens is 805 g/mol. The predicted octanol–water partition coefficient (Wildman–Crippen LogP) is 17.5. The Morgan fingerprint density at radius 1 is 0.323 bits per heavy atom. The summed E-state index contributed by atoms with van der Waals surface area (Å²) in [5.41, 5.74) is 0. The monoisotopic (exact) mass is 901 g/mol. The molecule has 0 aliphatic rings. The molecule has 0 radical (unpaired) electrons. The minimum absolute atomic E-state index is 0.0989. The van der Waals surface area contributed by atoms with Crippen LogP contribution in [0.3, 0.4) is 0 Å². The second kappa shape index (κ2) is 52.7. The molecule has 0 aliphatic carbocycles. The van der Waals surface area contributed by atoms with Gasteiger partial charge in [-0.2, -0.15) is 0 Å². The maximum atomic E-state index is 12.8. The lowest BCUT2D eigenvalue weighted by Crippen LogP contribution is -2.30. The molecule has 0 aromatic carbocycles. The molecule has 0 heterocycles. The minimum atomic E-state index is -0.803. The van der Waals surface area contributed by atoms with Crippen LogP contribution in [-0.4, -0.2) is 37.2 Å². The Bertz CT molecular complexity index is 1360. The quantitative estimate of drug-likeness (QED) is 0.0262. The van der Waals surface area contributed by atoms with Crippen LogP contribution in [0.5, 0.6) is 0 Å². The zero-order valence-electron chi connectivity index (χ0n) is 42.0. The Hall–Kier alpha value is -3.93. The van der Waals surface area contributed by atoms with E-state index in [1.165, 1.54) is 64.2 Å². The van der Waals surface area contributed by atoms with Crippen molar-refractivity contribution >= 4 is 17.9 Å². The molecule has 65 heavy (non-hydrogen) atoms. The Labute approximate surface area is 400 Å². The SMILES string of the molecule is CC/C=C\C/C=C\C/C=C\C/C=C\C/C=C\CCCCCCCCCC(=O)OCC(COC(=O)CCCCCCCCCCC)OC(=O)CCCC/C=C\C/C=C\C/C=C\C/C=C\CC. The Balaban J connectivity index is 4.37. The number of esters is 3. The summed E-state index contributed by atoms with van der Waals surface area (Å²) in [5, 5.41) is 0. The van der Waals surface area contributed by atoms with E-state index in [2.05, 4.69) is 130 Å². The largest absolute Gasteiger partial charge is 0.462 e. The number of unbranched alkanes of at least 4 members (excludes halogenated alkanes) is 17. The predicted molar refractivity (Wildman–Crippen MR) is 279 cm³/mol. The van der Waals surface area contributed by atoms with Gasteiger partial charge in [-0.25, -0.2) is 0 Å². The van der Waals surface area contributed by atoms with E-state index < -0.39 is 6.10 Å². The summed E-state index contributed by atoms with van der Waals surface area (Å²) in [6.45, 7) is 6.33. The molecule has 0 spiro atoms. The minimum Gasteiger partial charge on any atom is -0.462 e. The average molecular weight is 901 g/mol. The molecular formula is C59H96O6. The fraction of sp³-hybridized carbons (Fsp3) is 0.644. The van der Waals surface area contributed by atoms with Gasteiger partial charge in [-0.15, -0.1) is 0 Å². The van der Waals surface area contributed by atoms with Crippen LogP contribution in [-0.2, 0) is 28.6 Å². The number of carbonyl (C=O) groups is 3. The molecule has 0 aromatic rings. The normalized spacial score (nSPS) is 13.0. The highest BCUT2D eigenvalue weighted by Gasteiger charge is 2.19. The first-order valence-electron chi connectivity index (χ1n) is 26.4. The van der Waals surface area contributed by atoms with E-state index in [1.54, 1.807) is 0 Å². The van der Waals surface area contributed by atoms with E-state index in [4.69, 9.17) is 14.2 Å². The topological polar surface area (TPSA) is 78.9 Å². The molecule has 0 rings (SSSR count). The van der Waals surface area contributed by atoms with Gasteiger partial charge in [0.25, 0.3) is 0 Å². The summed E-state index contributed by atoms with van der Waals surface area (Å²) >= 11 is 0. The number of allylic oxidation sites excluding steroid dienone is 18. The number of hydrogen-bond donors (Lipinski definition) is 0. The summed E-state index contributed by atoms with van der Waals surface area (Å²) in [4.78, 5) is 37.9. The van der Waals surface area contributed by atoms with Crippen molar-refractivity contribution in [1.29, 1.82) is 0 Å². The van der Waals surface area contributed by atoms with E-state index in [0.29, 0.717) is 19.3 Å². The smallest absolute Gasteiger partial charge is 0.306 e. The second-order valence-corrected chi connectivity index (χ2v) is 17.0. The van der Waals surface area contributed by atoms with Crippen LogP contribution in [0.4, 0.5) is 0 Å². The molecule has 0 bridgehead atoms. The van der Waals surface area contributed by atoms with Crippen molar-refractivity contribution in [1.82, 2.24) is 0 Å². The summed E-state index contributed by atoms with van der Waals surface area (Å²) in [6, 6.07) is 0. The molecule has 0 aromatic heterocycles. The van der Waals surface area contributed by atoms with Crippen molar-refractivity contribution < 1.29 is 28.6 Å². The summed E-state index contributed by atoms with van der Waals surface area (Å²) in [5.74, 6) is -0.960. The van der Waals surface area contributed by atoms with Gasteiger partial charge < -0.3 is 14.2 Å². The molecule has 6 heteroatoms. The fourth-order valence-electron chi connectivity index (χ4n) is 6.87. The zero-order chi connectivity index (χ0) is 47.2. The molecule has 0 amide bonds. The molecule has 0 aliphatic heterocycles. The first-order valence-corrected chi connectivity index (χ1v) is 26.4. The number of ether oxygens (including phenoxy) is 3. The van der Waals surface area contributed by atoms with Crippen LogP contribution < -0.4 is 0 Å². The summed E-state index contributed by atoms with van der Waals surface area (Å²) in [7, 11) is 0. The van der Waals surface area contributed by atoms with Crippen LogP contribution in [0.15, 0.2) is 109 Å².